The molecule has 3 rings (SSSR count). The molecule has 0 bridgehead atoms. The van der Waals surface area contributed by atoms with Crippen LogP contribution in [-0.2, 0) is 4.79 Å². The number of hydrogen-bond donors (Lipinski definition) is 2. The van der Waals surface area contributed by atoms with E-state index in [2.05, 4.69) is 10.6 Å². The molecule has 0 unspecified atom stereocenters. The number of thioether (sulfide) groups is 2. The van der Waals surface area contributed by atoms with Crippen molar-refractivity contribution >= 4 is 46.7 Å². The third-order valence-electron chi connectivity index (χ3n) is 4.15. The first-order chi connectivity index (χ1) is 14.0. The molecule has 0 saturated carbocycles. The van der Waals surface area contributed by atoms with Crippen LogP contribution in [0.4, 0.5) is 11.4 Å². The van der Waals surface area contributed by atoms with E-state index in [1.807, 2.05) is 79.9 Å². The number of amides is 2. The van der Waals surface area contributed by atoms with Crippen LogP contribution >= 0.6 is 23.5 Å². The van der Waals surface area contributed by atoms with Crippen LogP contribution < -0.4 is 10.6 Å². The van der Waals surface area contributed by atoms with Crippen molar-refractivity contribution in [3.05, 3.63) is 83.9 Å². The van der Waals surface area contributed by atoms with Crippen LogP contribution in [0.3, 0.4) is 0 Å². The molecule has 0 radical (unpaired) electrons. The van der Waals surface area contributed by atoms with Crippen molar-refractivity contribution in [3.8, 4) is 0 Å². The van der Waals surface area contributed by atoms with Crippen molar-refractivity contribution in [2.24, 2.45) is 0 Å². The molecule has 0 aromatic heterocycles. The minimum absolute atomic E-state index is 0.110. The Hall–Kier alpha value is -2.70. The number of carbonyl (C=O) groups is 2. The SMILES string of the molecule is CSc1cccc(NC(=O)c2ccccc2SCC(=O)Nc2ccc(C)cc2)c1. The molecule has 0 aliphatic carbocycles. The van der Waals surface area contributed by atoms with E-state index in [1.54, 1.807) is 17.8 Å². The normalized spacial score (nSPS) is 10.4. The Bertz CT molecular complexity index is 1000. The molecule has 2 amide bonds. The van der Waals surface area contributed by atoms with Crippen LogP contribution in [0.2, 0.25) is 0 Å². The maximum Gasteiger partial charge on any atom is 0.256 e. The minimum Gasteiger partial charge on any atom is -0.325 e. The molecule has 0 atom stereocenters. The molecule has 6 heteroatoms. The highest BCUT2D eigenvalue weighted by atomic mass is 32.2. The molecule has 0 aliphatic heterocycles. The summed E-state index contributed by atoms with van der Waals surface area (Å²) < 4.78 is 0. The molecule has 0 saturated heterocycles. The van der Waals surface area contributed by atoms with Gasteiger partial charge in [0.25, 0.3) is 5.91 Å². The van der Waals surface area contributed by atoms with Gasteiger partial charge in [-0.1, -0.05) is 35.9 Å². The van der Waals surface area contributed by atoms with E-state index in [0.29, 0.717) is 5.56 Å². The fourth-order valence-corrected chi connectivity index (χ4v) is 3.97. The van der Waals surface area contributed by atoms with Crippen LogP contribution in [0.15, 0.2) is 82.6 Å². The first kappa shape index (κ1) is 21.0. The van der Waals surface area contributed by atoms with Gasteiger partial charge in [-0.05, 0) is 55.6 Å². The van der Waals surface area contributed by atoms with Crippen LogP contribution in [0.5, 0.6) is 0 Å². The van der Waals surface area contributed by atoms with Gasteiger partial charge in [-0.2, -0.15) is 0 Å². The van der Waals surface area contributed by atoms with Gasteiger partial charge in [0.1, 0.15) is 0 Å². The number of hydrogen-bond acceptors (Lipinski definition) is 4. The van der Waals surface area contributed by atoms with Gasteiger partial charge in [0.2, 0.25) is 5.91 Å². The zero-order valence-corrected chi connectivity index (χ0v) is 17.9. The van der Waals surface area contributed by atoms with Crippen LogP contribution in [0.25, 0.3) is 0 Å². The third kappa shape index (κ3) is 6.14. The van der Waals surface area contributed by atoms with Gasteiger partial charge < -0.3 is 10.6 Å². The molecule has 0 heterocycles. The van der Waals surface area contributed by atoms with Crippen molar-refractivity contribution in [2.45, 2.75) is 16.7 Å². The highest BCUT2D eigenvalue weighted by molar-refractivity contribution is 8.00. The fraction of sp³-hybridized carbons (Fsp3) is 0.130. The monoisotopic (exact) mass is 422 g/mol. The molecule has 3 aromatic carbocycles. The summed E-state index contributed by atoms with van der Waals surface area (Å²) in [7, 11) is 0. The lowest BCUT2D eigenvalue weighted by atomic mass is 10.2. The maximum atomic E-state index is 12.8. The zero-order chi connectivity index (χ0) is 20.6. The molecule has 3 aromatic rings. The summed E-state index contributed by atoms with van der Waals surface area (Å²) >= 11 is 2.97. The number of anilines is 2. The lowest BCUT2D eigenvalue weighted by molar-refractivity contribution is -0.113. The Balaban J connectivity index is 1.64. The predicted octanol–water partition coefficient (Wildman–Crippen LogP) is 5.70. The Morgan fingerprint density at radius 3 is 2.38 bits per heavy atom. The number of benzene rings is 3. The molecule has 148 valence electrons. The standard InChI is InChI=1S/C23H22N2O2S2/c1-16-10-12-17(13-11-16)24-22(26)15-29-21-9-4-3-8-20(21)23(27)25-18-6-5-7-19(14-18)28-2/h3-14H,15H2,1-2H3,(H,24,26)(H,25,27). The van der Waals surface area contributed by atoms with Gasteiger partial charge in [-0.3, -0.25) is 9.59 Å². The first-order valence-corrected chi connectivity index (χ1v) is 11.3. The van der Waals surface area contributed by atoms with E-state index in [0.717, 1.165) is 26.7 Å². The summed E-state index contributed by atoms with van der Waals surface area (Å²) in [6, 6.07) is 22.7. The van der Waals surface area contributed by atoms with E-state index >= 15 is 0 Å². The van der Waals surface area contributed by atoms with Crippen molar-refractivity contribution < 1.29 is 9.59 Å². The molecule has 2 N–H and O–H groups in total. The van der Waals surface area contributed by atoms with Crippen molar-refractivity contribution in [1.29, 1.82) is 0 Å². The van der Waals surface area contributed by atoms with Gasteiger partial charge in [0.15, 0.2) is 0 Å². The van der Waals surface area contributed by atoms with Gasteiger partial charge in [0, 0.05) is 21.2 Å². The molecule has 0 spiro atoms. The number of nitrogens with one attached hydrogen (secondary N) is 2. The highest BCUT2D eigenvalue weighted by Crippen LogP contribution is 2.25. The summed E-state index contributed by atoms with van der Waals surface area (Å²) in [6.45, 7) is 2.00. The molecule has 4 nitrogen and oxygen atoms in total. The van der Waals surface area contributed by atoms with Gasteiger partial charge in [0.05, 0.1) is 11.3 Å². The Morgan fingerprint density at radius 2 is 1.62 bits per heavy atom. The summed E-state index contributed by atoms with van der Waals surface area (Å²) in [5.41, 5.74) is 3.20. The molecule has 0 aliphatic rings. The van der Waals surface area contributed by atoms with E-state index in [4.69, 9.17) is 0 Å². The molecule has 29 heavy (non-hydrogen) atoms. The number of carbonyl (C=O) groups excluding carboxylic acids is 2. The van der Waals surface area contributed by atoms with Crippen molar-refractivity contribution in [2.75, 3.05) is 22.6 Å². The van der Waals surface area contributed by atoms with Crippen LogP contribution in [0.1, 0.15) is 15.9 Å². The predicted molar refractivity (Wildman–Crippen MR) is 123 cm³/mol. The largest absolute Gasteiger partial charge is 0.325 e. The summed E-state index contributed by atoms with van der Waals surface area (Å²) in [6.07, 6.45) is 1.99. The summed E-state index contributed by atoms with van der Waals surface area (Å²) in [5, 5.41) is 5.82. The van der Waals surface area contributed by atoms with E-state index in [9.17, 15) is 9.59 Å². The lowest BCUT2D eigenvalue weighted by Gasteiger charge is -2.11. The average Bonchev–Trinajstić information content (AvgIpc) is 2.74. The smallest absolute Gasteiger partial charge is 0.256 e. The van der Waals surface area contributed by atoms with Gasteiger partial charge in [-0.25, -0.2) is 0 Å². The van der Waals surface area contributed by atoms with E-state index in [1.165, 1.54) is 11.8 Å². The number of aryl methyl sites for hydroxylation is 1. The van der Waals surface area contributed by atoms with Crippen molar-refractivity contribution in [3.63, 3.8) is 0 Å². The fourth-order valence-electron chi connectivity index (χ4n) is 2.66. The first-order valence-electron chi connectivity index (χ1n) is 9.09. The lowest BCUT2D eigenvalue weighted by Crippen LogP contribution is -2.16. The second-order valence-electron chi connectivity index (χ2n) is 6.39. The molecule has 0 fully saturated rings. The van der Waals surface area contributed by atoms with Gasteiger partial charge >= 0.3 is 0 Å². The van der Waals surface area contributed by atoms with E-state index < -0.39 is 0 Å². The quantitative estimate of drug-likeness (QED) is 0.480. The second kappa shape index (κ2) is 10.2. The third-order valence-corrected chi connectivity index (χ3v) is 5.95. The number of rotatable bonds is 7. The minimum atomic E-state index is -0.190. The Labute approximate surface area is 179 Å². The van der Waals surface area contributed by atoms with Crippen molar-refractivity contribution in [1.82, 2.24) is 0 Å². The average molecular weight is 423 g/mol. The summed E-state index contributed by atoms with van der Waals surface area (Å²) in [4.78, 5) is 26.9. The van der Waals surface area contributed by atoms with E-state index in [-0.39, 0.29) is 17.6 Å². The zero-order valence-electron chi connectivity index (χ0n) is 16.3. The highest BCUT2D eigenvalue weighted by Gasteiger charge is 2.13. The van der Waals surface area contributed by atoms with Gasteiger partial charge in [-0.15, -0.1) is 23.5 Å². The molecular weight excluding hydrogens is 400 g/mol. The Kier molecular flexibility index (Phi) is 7.38. The molecular formula is C23H22N2O2S2. The topological polar surface area (TPSA) is 58.2 Å². The van der Waals surface area contributed by atoms with Crippen LogP contribution in [-0.4, -0.2) is 23.8 Å². The Morgan fingerprint density at radius 1 is 0.862 bits per heavy atom. The second-order valence-corrected chi connectivity index (χ2v) is 8.28. The maximum absolute atomic E-state index is 12.8. The summed E-state index contributed by atoms with van der Waals surface area (Å²) in [5.74, 6) is -0.0767. The van der Waals surface area contributed by atoms with Crippen LogP contribution in [0, 0.1) is 6.92 Å².